The Labute approximate surface area is 84.5 Å². The van der Waals surface area contributed by atoms with Gasteiger partial charge in [-0.25, -0.2) is 0 Å². The topological polar surface area (TPSA) is 86.7 Å². The third kappa shape index (κ3) is 1.88. The highest BCUT2D eigenvalue weighted by atomic mass is 16.6. The molecule has 0 spiro atoms. The van der Waals surface area contributed by atoms with E-state index >= 15 is 0 Å². The van der Waals surface area contributed by atoms with Crippen LogP contribution in [0.15, 0.2) is 0 Å². The molecule has 2 unspecified atom stereocenters. The largest absolute Gasteiger partial charge is 0.393 e. The van der Waals surface area contributed by atoms with Gasteiger partial charge in [-0.2, -0.15) is 0 Å². The standard InChI is InChI=1S/C9H8O6/c10-6-1-4-2-7(11)15-9(13)5(4)3-8(12)14-6/h4-5H,1-3H2. The molecule has 0 aromatic rings. The van der Waals surface area contributed by atoms with Gasteiger partial charge in [-0.3, -0.25) is 19.2 Å². The predicted octanol–water partition coefficient (Wildman–Crippen LogP) is -0.444. The molecule has 0 bridgehead atoms. The van der Waals surface area contributed by atoms with Gasteiger partial charge < -0.3 is 9.47 Å². The second-order valence-corrected chi connectivity index (χ2v) is 3.62. The number of carbonyl (C=O) groups is 4. The van der Waals surface area contributed by atoms with E-state index in [1.807, 2.05) is 0 Å². The lowest BCUT2D eigenvalue weighted by molar-refractivity contribution is -0.171. The van der Waals surface area contributed by atoms with Crippen LogP contribution in [-0.4, -0.2) is 23.9 Å². The lowest BCUT2D eigenvalue weighted by Crippen LogP contribution is -2.35. The molecule has 0 aromatic carbocycles. The lowest BCUT2D eigenvalue weighted by Gasteiger charge is -2.24. The maximum absolute atomic E-state index is 11.3. The number of ether oxygens (including phenoxy) is 2. The van der Waals surface area contributed by atoms with Gasteiger partial charge >= 0.3 is 23.9 Å². The molecule has 2 atom stereocenters. The number of cyclic esters (lactones) is 4. The molecule has 2 heterocycles. The molecule has 2 aliphatic rings. The summed E-state index contributed by atoms with van der Waals surface area (Å²) < 4.78 is 8.79. The Bertz CT molecular complexity index is 358. The minimum Gasteiger partial charge on any atom is -0.393 e. The molecule has 0 aromatic heterocycles. The summed E-state index contributed by atoms with van der Waals surface area (Å²) in [5, 5.41) is 0. The first-order chi connectivity index (χ1) is 7.06. The Morgan fingerprint density at radius 2 is 1.33 bits per heavy atom. The average molecular weight is 212 g/mol. The van der Waals surface area contributed by atoms with Crippen molar-refractivity contribution in [1.82, 2.24) is 0 Å². The highest BCUT2D eigenvalue weighted by molar-refractivity contribution is 5.95. The van der Waals surface area contributed by atoms with Crippen molar-refractivity contribution in [3.63, 3.8) is 0 Å². The van der Waals surface area contributed by atoms with Crippen LogP contribution in [0.3, 0.4) is 0 Å². The molecule has 2 rings (SSSR count). The molecular formula is C9H8O6. The first-order valence-electron chi connectivity index (χ1n) is 4.54. The fraction of sp³-hybridized carbons (Fsp3) is 0.556. The monoisotopic (exact) mass is 212 g/mol. The Kier molecular flexibility index (Phi) is 2.26. The number of carbonyl (C=O) groups excluding carboxylic acids is 4. The average Bonchev–Trinajstić information content (AvgIpc) is 2.22. The molecule has 6 nitrogen and oxygen atoms in total. The Balaban J connectivity index is 2.24. The summed E-state index contributed by atoms with van der Waals surface area (Å²) in [6, 6.07) is 0. The van der Waals surface area contributed by atoms with Gasteiger partial charge in [0.1, 0.15) is 0 Å². The zero-order valence-corrected chi connectivity index (χ0v) is 7.73. The molecule has 2 saturated heterocycles. The van der Waals surface area contributed by atoms with Crippen LogP contribution in [0, 0.1) is 11.8 Å². The van der Waals surface area contributed by atoms with E-state index in [0.717, 1.165) is 0 Å². The van der Waals surface area contributed by atoms with Gasteiger partial charge in [0, 0.05) is 0 Å². The number of hydrogen-bond donors (Lipinski definition) is 0. The van der Waals surface area contributed by atoms with E-state index in [9.17, 15) is 19.2 Å². The Hall–Kier alpha value is -1.72. The zero-order valence-electron chi connectivity index (χ0n) is 7.73. The molecule has 6 heteroatoms. The van der Waals surface area contributed by atoms with Crippen LogP contribution in [0.4, 0.5) is 0 Å². The van der Waals surface area contributed by atoms with Crippen molar-refractivity contribution >= 4 is 23.9 Å². The first kappa shape index (κ1) is 9.82. The van der Waals surface area contributed by atoms with Crippen molar-refractivity contribution in [2.45, 2.75) is 19.3 Å². The molecule has 15 heavy (non-hydrogen) atoms. The molecule has 0 amide bonds. The van der Waals surface area contributed by atoms with Gasteiger partial charge in [-0.15, -0.1) is 0 Å². The third-order valence-electron chi connectivity index (χ3n) is 2.56. The van der Waals surface area contributed by atoms with Crippen LogP contribution < -0.4 is 0 Å². The Morgan fingerprint density at radius 3 is 2.00 bits per heavy atom. The molecule has 0 N–H and O–H groups in total. The van der Waals surface area contributed by atoms with Crippen molar-refractivity contribution in [2.24, 2.45) is 11.8 Å². The van der Waals surface area contributed by atoms with Gasteiger partial charge in [0.2, 0.25) is 0 Å². The number of esters is 4. The smallest absolute Gasteiger partial charge is 0.317 e. The molecule has 80 valence electrons. The zero-order chi connectivity index (χ0) is 11.0. The fourth-order valence-corrected chi connectivity index (χ4v) is 1.85. The molecular weight excluding hydrogens is 204 g/mol. The van der Waals surface area contributed by atoms with Crippen LogP contribution in [0.25, 0.3) is 0 Å². The summed E-state index contributed by atoms with van der Waals surface area (Å²) >= 11 is 0. The highest BCUT2D eigenvalue weighted by Crippen LogP contribution is 2.32. The van der Waals surface area contributed by atoms with Gasteiger partial charge in [-0.1, -0.05) is 0 Å². The van der Waals surface area contributed by atoms with Crippen LogP contribution in [0.5, 0.6) is 0 Å². The highest BCUT2D eigenvalue weighted by Gasteiger charge is 2.43. The quantitative estimate of drug-likeness (QED) is 0.399. The molecule has 0 radical (unpaired) electrons. The van der Waals surface area contributed by atoms with Gasteiger partial charge in [0.05, 0.1) is 25.2 Å². The number of rotatable bonds is 0. The van der Waals surface area contributed by atoms with E-state index in [-0.39, 0.29) is 19.3 Å². The van der Waals surface area contributed by atoms with Crippen molar-refractivity contribution < 1.29 is 28.7 Å². The predicted molar refractivity (Wildman–Crippen MR) is 43.0 cm³/mol. The maximum atomic E-state index is 11.3. The summed E-state index contributed by atoms with van der Waals surface area (Å²) in [7, 11) is 0. The third-order valence-corrected chi connectivity index (χ3v) is 2.56. The van der Waals surface area contributed by atoms with E-state index in [1.54, 1.807) is 0 Å². The van der Waals surface area contributed by atoms with E-state index in [0.29, 0.717) is 0 Å². The summed E-state index contributed by atoms with van der Waals surface area (Å²) in [6.45, 7) is 0. The number of fused-ring (bicyclic) bond motifs is 1. The minimum atomic E-state index is -0.737. The second kappa shape index (κ2) is 3.45. The Morgan fingerprint density at radius 1 is 0.800 bits per heavy atom. The van der Waals surface area contributed by atoms with Crippen molar-refractivity contribution in [3.05, 3.63) is 0 Å². The van der Waals surface area contributed by atoms with Crippen LogP contribution in [-0.2, 0) is 28.7 Å². The van der Waals surface area contributed by atoms with E-state index in [2.05, 4.69) is 9.47 Å². The molecule has 0 aliphatic carbocycles. The van der Waals surface area contributed by atoms with Gasteiger partial charge in [-0.05, 0) is 5.92 Å². The maximum Gasteiger partial charge on any atom is 0.317 e. The SMILES string of the molecule is O=C1CC2CC(=O)OC(=O)C2CC(=O)O1. The summed E-state index contributed by atoms with van der Waals surface area (Å²) in [5.41, 5.74) is 0. The van der Waals surface area contributed by atoms with Crippen LogP contribution in [0.2, 0.25) is 0 Å². The minimum absolute atomic E-state index is 0.0151. The summed E-state index contributed by atoms with van der Waals surface area (Å²) in [5.74, 6) is -3.99. The van der Waals surface area contributed by atoms with Crippen LogP contribution in [0.1, 0.15) is 19.3 Å². The van der Waals surface area contributed by atoms with Crippen molar-refractivity contribution in [2.75, 3.05) is 0 Å². The van der Waals surface area contributed by atoms with E-state index in [4.69, 9.17) is 0 Å². The number of hydrogen-bond acceptors (Lipinski definition) is 6. The van der Waals surface area contributed by atoms with Crippen molar-refractivity contribution in [3.8, 4) is 0 Å². The van der Waals surface area contributed by atoms with Crippen LogP contribution >= 0.6 is 0 Å². The fourth-order valence-electron chi connectivity index (χ4n) is 1.85. The second-order valence-electron chi connectivity index (χ2n) is 3.62. The van der Waals surface area contributed by atoms with E-state index < -0.39 is 35.7 Å². The summed E-state index contributed by atoms with van der Waals surface area (Å²) in [4.78, 5) is 44.3. The van der Waals surface area contributed by atoms with Gasteiger partial charge in [0.25, 0.3) is 0 Å². The normalized spacial score (nSPS) is 31.5. The van der Waals surface area contributed by atoms with Gasteiger partial charge in [0.15, 0.2) is 0 Å². The lowest BCUT2D eigenvalue weighted by atomic mass is 9.83. The molecule has 0 saturated carbocycles. The summed E-state index contributed by atoms with van der Waals surface area (Å²) in [6.07, 6.45) is -0.293. The molecule has 2 fully saturated rings. The van der Waals surface area contributed by atoms with Crippen molar-refractivity contribution in [1.29, 1.82) is 0 Å². The first-order valence-corrected chi connectivity index (χ1v) is 4.54. The van der Waals surface area contributed by atoms with E-state index in [1.165, 1.54) is 0 Å². The molecule has 2 aliphatic heterocycles.